The maximum Gasteiger partial charge on any atom is 0.124 e. The van der Waals surface area contributed by atoms with Crippen LogP contribution in [0.5, 0.6) is 5.75 Å². The van der Waals surface area contributed by atoms with Crippen molar-refractivity contribution in [2.75, 3.05) is 13.2 Å². The molecule has 0 bridgehead atoms. The summed E-state index contributed by atoms with van der Waals surface area (Å²) in [5.41, 5.74) is 4.66. The van der Waals surface area contributed by atoms with Crippen LogP contribution in [0.15, 0.2) is 54.7 Å². The van der Waals surface area contributed by atoms with Crippen molar-refractivity contribution in [2.45, 2.75) is 32.5 Å². The minimum atomic E-state index is 0.165. The van der Waals surface area contributed by atoms with Gasteiger partial charge in [0.2, 0.25) is 0 Å². The van der Waals surface area contributed by atoms with Gasteiger partial charge < -0.3 is 14.8 Å². The normalized spacial score (nSPS) is 16.9. The number of fused-ring (bicyclic) bond motifs is 1. The van der Waals surface area contributed by atoms with E-state index in [4.69, 9.17) is 9.47 Å². The fraction of sp³-hybridized carbons (Fsp3) is 0.318. The standard InChI is InChI=1S/C22H24N2O2/c1-16-7-8-18(21(12-16)26-20-9-11-25-15-20)13-23-14-19-5-2-4-17-6-3-10-24-22(17)19/h2-8,10,12,20,23H,9,11,13-15H2,1H3/t20-/m1/s1. The van der Waals surface area contributed by atoms with Gasteiger partial charge in [0.1, 0.15) is 11.9 Å². The summed E-state index contributed by atoms with van der Waals surface area (Å²) in [4.78, 5) is 4.53. The highest BCUT2D eigenvalue weighted by molar-refractivity contribution is 5.81. The molecule has 1 aliphatic rings. The molecule has 0 amide bonds. The minimum absolute atomic E-state index is 0.165. The summed E-state index contributed by atoms with van der Waals surface area (Å²) in [7, 11) is 0. The van der Waals surface area contributed by atoms with Crippen LogP contribution in [0, 0.1) is 6.92 Å². The summed E-state index contributed by atoms with van der Waals surface area (Å²) < 4.78 is 11.6. The van der Waals surface area contributed by atoms with Gasteiger partial charge in [-0.3, -0.25) is 4.98 Å². The van der Waals surface area contributed by atoms with Crippen molar-refractivity contribution in [1.82, 2.24) is 10.3 Å². The number of nitrogens with zero attached hydrogens (tertiary/aromatic N) is 1. The van der Waals surface area contributed by atoms with Gasteiger partial charge in [-0.15, -0.1) is 0 Å². The average molecular weight is 348 g/mol. The zero-order chi connectivity index (χ0) is 17.8. The number of nitrogens with one attached hydrogen (secondary N) is 1. The van der Waals surface area contributed by atoms with Crippen LogP contribution in [0.3, 0.4) is 0 Å². The summed E-state index contributed by atoms with van der Waals surface area (Å²) in [6.45, 7) is 5.10. The maximum atomic E-state index is 6.18. The Morgan fingerprint density at radius 2 is 2.00 bits per heavy atom. The van der Waals surface area contributed by atoms with Crippen molar-refractivity contribution in [1.29, 1.82) is 0 Å². The van der Waals surface area contributed by atoms with Crippen molar-refractivity contribution in [2.24, 2.45) is 0 Å². The topological polar surface area (TPSA) is 43.4 Å². The molecule has 4 rings (SSSR count). The molecule has 2 heterocycles. The van der Waals surface area contributed by atoms with E-state index in [-0.39, 0.29) is 6.10 Å². The van der Waals surface area contributed by atoms with Gasteiger partial charge in [0, 0.05) is 36.7 Å². The number of hydrogen-bond acceptors (Lipinski definition) is 4. The second kappa shape index (κ2) is 7.85. The van der Waals surface area contributed by atoms with Crippen LogP contribution in [-0.2, 0) is 17.8 Å². The van der Waals surface area contributed by atoms with Crippen LogP contribution in [-0.4, -0.2) is 24.3 Å². The van der Waals surface area contributed by atoms with Crippen molar-refractivity contribution in [3.8, 4) is 5.75 Å². The predicted molar refractivity (Wildman–Crippen MR) is 103 cm³/mol. The molecular weight excluding hydrogens is 324 g/mol. The molecule has 1 N–H and O–H groups in total. The van der Waals surface area contributed by atoms with Crippen LogP contribution >= 0.6 is 0 Å². The summed E-state index contributed by atoms with van der Waals surface area (Å²) in [6, 6.07) is 16.8. The van der Waals surface area contributed by atoms with E-state index in [1.54, 1.807) is 0 Å². The SMILES string of the molecule is Cc1ccc(CNCc2cccc3cccnc23)c(O[C@@H]2CCOC2)c1. The van der Waals surface area contributed by atoms with Crippen LogP contribution in [0.2, 0.25) is 0 Å². The van der Waals surface area contributed by atoms with Gasteiger partial charge in [0.05, 0.1) is 18.7 Å². The Morgan fingerprint density at radius 1 is 1.12 bits per heavy atom. The Kier molecular flexibility index (Phi) is 5.14. The van der Waals surface area contributed by atoms with E-state index >= 15 is 0 Å². The fourth-order valence-electron chi connectivity index (χ4n) is 3.34. The first-order valence-electron chi connectivity index (χ1n) is 9.17. The molecule has 4 nitrogen and oxygen atoms in total. The van der Waals surface area contributed by atoms with E-state index in [9.17, 15) is 0 Å². The van der Waals surface area contributed by atoms with Crippen molar-refractivity contribution >= 4 is 10.9 Å². The van der Waals surface area contributed by atoms with Gasteiger partial charge in [-0.1, -0.05) is 36.4 Å². The molecule has 0 unspecified atom stereocenters. The van der Waals surface area contributed by atoms with Crippen molar-refractivity contribution in [3.05, 3.63) is 71.4 Å². The molecule has 1 fully saturated rings. The molecule has 3 aromatic rings. The van der Waals surface area contributed by atoms with E-state index in [0.717, 1.165) is 37.4 Å². The van der Waals surface area contributed by atoms with Gasteiger partial charge in [-0.2, -0.15) is 0 Å². The minimum Gasteiger partial charge on any atom is -0.488 e. The molecule has 0 aliphatic carbocycles. The lowest BCUT2D eigenvalue weighted by molar-refractivity contribution is 0.140. The smallest absolute Gasteiger partial charge is 0.124 e. The number of para-hydroxylation sites is 1. The second-order valence-corrected chi connectivity index (χ2v) is 6.81. The third kappa shape index (κ3) is 3.87. The van der Waals surface area contributed by atoms with Gasteiger partial charge in [0.25, 0.3) is 0 Å². The van der Waals surface area contributed by atoms with E-state index in [0.29, 0.717) is 6.61 Å². The third-order valence-corrected chi connectivity index (χ3v) is 4.75. The molecule has 1 atom stereocenters. The molecule has 0 spiro atoms. The quantitative estimate of drug-likeness (QED) is 0.731. The predicted octanol–water partition coefficient (Wildman–Crippen LogP) is 4.00. The molecule has 4 heteroatoms. The largest absolute Gasteiger partial charge is 0.488 e. The number of benzene rings is 2. The molecule has 26 heavy (non-hydrogen) atoms. The summed E-state index contributed by atoms with van der Waals surface area (Å²) in [5.74, 6) is 0.962. The van der Waals surface area contributed by atoms with E-state index in [2.05, 4.69) is 59.7 Å². The van der Waals surface area contributed by atoms with Gasteiger partial charge >= 0.3 is 0 Å². The molecule has 1 saturated heterocycles. The van der Waals surface area contributed by atoms with Crippen LogP contribution < -0.4 is 10.1 Å². The van der Waals surface area contributed by atoms with E-state index in [1.165, 1.54) is 22.1 Å². The monoisotopic (exact) mass is 348 g/mol. The number of rotatable bonds is 6. The van der Waals surface area contributed by atoms with E-state index < -0.39 is 0 Å². The number of aromatic nitrogens is 1. The van der Waals surface area contributed by atoms with E-state index in [1.807, 2.05) is 12.3 Å². The van der Waals surface area contributed by atoms with Crippen LogP contribution in [0.1, 0.15) is 23.1 Å². The Hall–Kier alpha value is -2.43. The summed E-state index contributed by atoms with van der Waals surface area (Å²) in [6.07, 6.45) is 2.97. The summed E-state index contributed by atoms with van der Waals surface area (Å²) >= 11 is 0. The number of ether oxygens (including phenoxy) is 2. The zero-order valence-corrected chi connectivity index (χ0v) is 15.1. The fourth-order valence-corrected chi connectivity index (χ4v) is 3.34. The third-order valence-electron chi connectivity index (χ3n) is 4.75. The van der Waals surface area contributed by atoms with Gasteiger partial charge in [-0.05, 0) is 30.2 Å². The lowest BCUT2D eigenvalue weighted by atomic mass is 10.1. The van der Waals surface area contributed by atoms with Crippen LogP contribution in [0.25, 0.3) is 10.9 Å². The molecule has 1 aromatic heterocycles. The Morgan fingerprint density at radius 3 is 2.88 bits per heavy atom. The Labute approximate surface area is 154 Å². The summed E-state index contributed by atoms with van der Waals surface area (Å²) in [5, 5.41) is 4.72. The lowest BCUT2D eigenvalue weighted by Crippen LogP contribution is -2.19. The average Bonchev–Trinajstić information content (AvgIpc) is 3.17. The van der Waals surface area contributed by atoms with Gasteiger partial charge in [-0.25, -0.2) is 0 Å². The highest BCUT2D eigenvalue weighted by Crippen LogP contribution is 2.24. The van der Waals surface area contributed by atoms with Crippen LogP contribution in [0.4, 0.5) is 0 Å². The zero-order valence-electron chi connectivity index (χ0n) is 15.1. The first-order valence-corrected chi connectivity index (χ1v) is 9.17. The molecule has 1 aliphatic heterocycles. The highest BCUT2D eigenvalue weighted by atomic mass is 16.5. The molecule has 0 saturated carbocycles. The molecule has 2 aromatic carbocycles. The second-order valence-electron chi connectivity index (χ2n) is 6.81. The first-order chi connectivity index (χ1) is 12.8. The first kappa shape index (κ1) is 17.0. The number of pyridine rings is 1. The molecule has 0 radical (unpaired) electrons. The number of aryl methyl sites for hydroxylation is 1. The highest BCUT2D eigenvalue weighted by Gasteiger charge is 2.18. The van der Waals surface area contributed by atoms with Crippen molar-refractivity contribution in [3.63, 3.8) is 0 Å². The lowest BCUT2D eigenvalue weighted by Gasteiger charge is -2.17. The Balaban J connectivity index is 1.45. The van der Waals surface area contributed by atoms with Crippen molar-refractivity contribution < 1.29 is 9.47 Å². The number of hydrogen-bond donors (Lipinski definition) is 1. The van der Waals surface area contributed by atoms with Gasteiger partial charge in [0.15, 0.2) is 0 Å². The Bertz CT molecular complexity index is 883. The molecular formula is C22H24N2O2. The molecule has 134 valence electrons. The maximum absolute atomic E-state index is 6.18.